The van der Waals surface area contributed by atoms with Crippen molar-refractivity contribution in [2.24, 2.45) is 5.41 Å². The molecule has 14 nitrogen and oxygen atoms in total. The van der Waals surface area contributed by atoms with Crippen LogP contribution in [0.15, 0.2) is 52.2 Å². The number of benzene rings is 1. The standard InChI is InChI=1S/C28H40ClN4O10PS/c1-5-40-26(38)30-13-12-27(2,3)24(36)45-16-15-41-44(39,31-17-19-9-7-6-8-10-19)42-18-20-22(35)28(4,29)23(43-20)33-14-11-21(34)32-25(33)37/h6-11,14,20,22-23,35H,5,12-13,15-18H2,1-4H3,(H,30,38)(H,31,39)(H,32,34,37)/t20-,22-,23-,28-,44+/m1/s1. The molecule has 0 spiro atoms. The topological polar surface area (TPSA) is 187 Å². The van der Waals surface area contributed by atoms with E-state index in [9.17, 15) is 28.8 Å². The second-order valence-corrected chi connectivity index (χ2v) is 14.7. The van der Waals surface area contributed by atoms with E-state index in [1.165, 1.54) is 13.1 Å². The van der Waals surface area contributed by atoms with E-state index in [1.54, 1.807) is 20.8 Å². The fourth-order valence-electron chi connectivity index (χ4n) is 4.30. The molecule has 2 aromatic rings. The molecule has 1 aliphatic heterocycles. The highest BCUT2D eigenvalue weighted by Crippen LogP contribution is 2.47. The van der Waals surface area contributed by atoms with Crippen LogP contribution in [0.5, 0.6) is 0 Å². The number of carbonyl (C=O) groups is 2. The Kier molecular flexibility index (Phi) is 13.4. The summed E-state index contributed by atoms with van der Waals surface area (Å²) >= 11 is 7.59. The van der Waals surface area contributed by atoms with Crippen LogP contribution in [-0.4, -0.2) is 75.1 Å². The third kappa shape index (κ3) is 10.5. The first-order chi connectivity index (χ1) is 21.2. The maximum atomic E-state index is 13.8. The molecule has 0 unspecified atom stereocenters. The first-order valence-electron chi connectivity index (χ1n) is 14.3. The third-order valence-corrected chi connectivity index (χ3v) is 10.1. The molecule has 45 heavy (non-hydrogen) atoms. The lowest BCUT2D eigenvalue weighted by Gasteiger charge is -2.26. The zero-order chi connectivity index (χ0) is 33.3. The van der Waals surface area contributed by atoms with Crippen LogP contribution in [0.3, 0.4) is 0 Å². The Morgan fingerprint density at radius 1 is 1.22 bits per heavy atom. The van der Waals surface area contributed by atoms with E-state index in [-0.39, 0.29) is 37.2 Å². The van der Waals surface area contributed by atoms with Crippen molar-refractivity contribution in [2.45, 2.75) is 64.0 Å². The molecule has 17 heteroatoms. The van der Waals surface area contributed by atoms with Crippen molar-refractivity contribution in [3.05, 3.63) is 69.0 Å². The van der Waals surface area contributed by atoms with Gasteiger partial charge in [-0.15, -0.1) is 11.6 Å². The molecule has 4 N–H and O–H groups in total. The Labute approximate surface area is 270 Å². The van der Waals surface area contributed by atoms with Gasteiger partial charge < -0.3 is 19.9 Å². The Hall–Kier alpha value is -2.49. The van der Waals surface area contributed by atoms with E-state index in [4.69, 9.17) is 30.1 Å². The van der Waals surface area contributed by atoms with Crippen molar-refractivity contribution in [1.82, 2.24) is 20.0 Å². The van der Waals surface area contributed by atoms with E-state index < -0.39 is 60.4 Å². The smallest absolute Gasteiger partial charge is 0.407 e. The number of hydrogen-bond donors (Lipinski definition) is 4. The van der Waals surface area contributed by atoms with Crippen LogP contribution in [0, 0.1) is 5.41 Å². The van der Waals surface area contributed by atoms with Gasteiger partial charge in [-0.25, -0.2) is 19.2 Å². The lowest BCUT2D eigenvalue weighted by molar-refractivity contribution is -0.118. The number of nitrogens with zero attached hydrogens (tertiary/aromatic N) is 1. The molecule has 0 aliphatic carbocycles. The van der Waals surface area contributed by atoms with Gasteiger partial charge in [0.25, 0.3) is 5.56 Å². The quantitative estimate of drug-likeness (QED) is 0.115. The van der Waals surface area contributed by atoms with Crippen LogP contribution in [0.25, 0.3) is 0 Å². The van der Waals surface area contributed by atoms with E-state index in [2.05, 4.69) is 15.4 Å². The van der Waals surface area contributed by atoms with Crippen LogP contribution in [0.1, 0.15) is 45.9 Å². The fraction of sp³-hybridized carbons (Fsp3) is 0.571. The van der Waals surface area contributed by atoms with Gasteiger partial charge in [0.05, 0.1) is 19.8 Å². The summed E-state index contributed by atoms with van der Waals surface area (Å²) in [5.41, 5.74) is -1.35. The van der Waals surface area contributed by atoms with E-state index in [0.717, 1.165) is 28.0 Å². The van der Waals surface area contributed by atoms with Gasteiger partial charge >= 0.3 is 19.5 Å². The Bertz CT molecular complexity index is 1450. The number of alkyl halides is 1. The van der Waals surface area contributed by atoms with Crippen molar-refractivity contribution in [3.8, 4) is 0 Å². The number of hydrogen-bond acceptors (Lipinski definition) is 11. The summed E-state index contributed by atoms with van der Waals surface area (Å²) in [6, 6.07) is 10.2. The Morgan fingerprint density at radius 2 is 1.93 bits per heavy atom. The van der Waals surface area contributed by atoms with Gasteiger partial charge in [-0.1, -0.05) is 55.9 Å². The molecule has 1 saturated heterocycles. The number of halogens is 1. The number of thioether (sulfide) groups is 1. The van der Waals surface area contributed by atoms with E-state index >= 15 is 0 Å². The van der Waals surface area contributed by atoms with E-state index in [1.807, 2.05) is 30.3 Å². The number of aromatic amines is 1. The summed E-state index contributed by atoms with van der Waals surface area (Å²) in [6.45, 7) is 6.77. The second-order valence-electron chi connectivity index (χ2n) is 11.0. The molecule has 250 valence electrons. The monoisotopic (exact) mass is 690 g/mol. The number of aliphatic hydroxyl groups is 1. The molecule has 0 radical (unpaired) electrons. The molecule has 3 rings (SSSR count). The predicted octanol–water partition coefficient (Wildman–Crippen LogP) is 3.15. The third-order valence-electron chi connectivity index (χ3n) is 6.97. The van der Waals surface area contributed by atoms with Gasteiger partial charge in [-0.2, -0.15) is 0 Å². The number of H-pyrrole nitrogens is 1. The Balaban J connectivity index is 1.61. The number of aromatic nitrogens is 2. The molecule has 1 amide bonds. The highest BCUT2D eigenvalue weighted by molar-refractivity contribution is 8.13. The molecular formula is C28H40ClN4O10PS. The lowest BCUT2D eigenvalue weighted by Crippen LogP contribution is -2.43. The summed E-state index contributed by atoms with van der Waals surface area (Å²) in [6.07, 6.45) is -2.62. The van der Waals surface area contributed by atoms with Gasteiger partial charge in [-0.05, 0) is 25.8 Å². The number of rotatable bonds is 16. The normalized spacial score (nSPS) is 22.9. The van der Waals surface area contributed by atoms with Crippen molar-refractivity contribution in [1.29, 1.82) is 0 Å². The number of aliphatic hydroxyl groups excluding tert-OH is 1. The minimum absolute atomic E-state index is 0.122. The van der Waals surface area contributed by atoms with Gasteiger partial charge in [0, 0.05) is 36.5 Å². The Morgan fingerprint density at radius 3 is 2.60 bits per heavy atom. The molecular weight excluding hydrogens is 651 g/mol. The van der Waals surface area contributed by atoms with Crippen molar-refractivity contribution in [3.63, 3.8) is 0 Å². The minimum atomic E-state index is -4.04. The van der Waals surface area contributed by atoms with Crippen LogP contribution in [0.2, 0.25) is 0 Å². The second kappa shape index (κ2) is 16.4. The van der Waals surface area contributed by atoms with Crippen LogP contribution >= 0.6 is 31.1 Å². The maximum Gasteiger partial charge on any atom is 0.407 e. The lowest BCUT2D eigenvalue weighted by atomic mass is 9.91. The number of ether oxygens (including phenoxy) is 2. The van der Waals surface area contributed by atoms with Gasteiger partial charge in [-0.3, -0.25) is 28.2 Å². The van der Waals surface area contributed by atoms with E-state index in [0.29, 0.717) is 6.42 Å². The summed E-state index contributed by atoms with van der Waals surface area (Å²) < 4.78 is 36.9. The van der Waals surface area contributed by atoms with Crippen molar-refractivity contribution >= 4 is 42.3 Å². The number of alkyl carbamates (subject to hydrolysis) is 1. The van der Waals surface area contributed by atoms with Gasteiger partial charge in [0.15, 0.2) is 11.3 Å². The number of amides is 1. The first kappa shape index (κ1) is 37.0. The predicted molar refractivity (Wildman–Crippen MR) is 169 cm³/mol. The van der Waals surface area contributed by atoms with Crippen LogP contribution in [0.4, 0.5) is 4.79 Å². The molecule has 5 atom stereocenters. The molecule has 0 saturated carbocycles. The molecule has 1 aromatic heterocycles. The number of nitrogens with one attached hydrogen (secondary N) is 3. The molecule has 1 aliphatic rings. The van der Waals surface area contributed by atoms with Crippen LogP contribution < -0.4 is 21.7 Å². The summed E-state index contributed by atoms with van der Waals surface area (Å²) in [5, 5.41) is 16.2. The summed E-state index contributed by atoms with van der Waals surface area (Å²) in [4.78, 5) is 48.8. The molecule has 0 bridgehead atoms. The average Bonchev–Trinajstić information content (AvgIpc) is 3.21. The zero-order valence-electron chi connectivity index (χ0n) is 25.5. The van der Waals surface area contributed by atoms with Gasteiger partial charge in [0.1, 0.15) is 17.1 Å². The summed E-state index contributed by atoms with van der Waals surface area (Å²) in [5.74, 6) is 0.160. The molecule has 2 heterocycles. The number of carbonyl (C=O) groups excluding carboxylic acids is 2. The van der Waals surface area contributed by atoms with Crippen LogP contribution in [-0.2, 0) is 34.4 Å². The van der Waals surface area contributed by atoms with Crippen molar-refractivity contribution in [2.75, 3.05) is 32.1 Å². The SMILES string of the molecule is CCOC(=O)NCCC(C)(C)C(=O)SCCO[P@@](=O)(NCc1ccccc1)OC[C@H]1O[C@@H](n2ccc(=O)[nH]c2=O)[C@](C)(Cl)[C@@H]1O. The zero-order valence-corrected chi connectivity index (χ0v) is 28.0. The highest BCUT2D eigenvalue weighted by atomic mass is 35.5. The fourth-order valence-corrected chi connectivity index (χ4v) is 6.87. The molecule has 1 aromatic carbocycles. The maximum absolute atomic E-state index is 13.8. The minimum Gasteiger partial charge on any atom is -0.450 e. The summed E-state index contributed by atoms with van der Waals surface area (Å²) in [7, 11) is -4.04. The molecule has 1 fully saturated rings. The largest absolute Gasteiger partial charge is 0.450 e. The van der Waals surface area contributed by atoms with Crippen molar-refractivity contribution < 1.29 is 37.8 Å². The average molecular weight is 691 g/mol. The first-order valence-corrected chi connectivity index (χ1v) is 17.2. The highest BCUT2D eigenvalue weighted by Gasteiger charge is 2.54. The van der Waals surface area contributed by atoms with Gasteiger partial charge in [0.2, 0.25) is 0 Å².